The van der Waals surface area contributed by atoms with E-state index in [2.05, 4.69) is 62.1 Å². The van der Waals surface area contributed by atoms with Gasteiger partial charge in [0, 0.05) is 38.3 Å². The van der Waals surface area contributed by atoms with E-state index >= 15 is 0 Å². The van der Waals surface area contributed by atoms with Crippen LogP contribution in [0.1, 0.15) is 48.0 Å². The molecule has 19 heavy (non-hydrogen) atoms. The Morgan fingerprint density at radius 2 is 1.47 bits per heavy atom. The van der Waals surface area contributed by atoms with E-state index in [0.29, 0.717) is 12.1 Å². The van der Waals surface area contributed by atoms with Gasteiger partial charge in [-0.25, -0.2) is 0 Å². The van der Waals surface area contributed by atoms with Crippen molar-refractivity contribution in [1.82, 2.24) is 15.5 Å². The van der Waals surface area contributed by atoms with Crippen molar-refractivity contribution < 1.29 is 0 Å². The van der Waals surface area contributed by atoms with Crippen molar-refractivity contribution in [2.75, 3.05) is 26.2 Å². The SMILES string of the molecule is CCNC(=NCCCN(C(C)C)C(C)C)NCC.I. The lowest BCUT2D eigenvalue weighted by Crippen LogP contribution is -2.39. The van der Waals surface area contributed by atoms with Gasteiger partial charge in [-0.2, -0.15) is 0 Å². The van der Waals surface area contributed by atoms with Crippen LogP contribution in [0, 0.1) is 0 Å². The zero-order valence-electron chi connectivity index (χ0n) is 13.5. The number of guanidine groups is 1. The number of nitrogens with one attached hydrogen (secondary N) is 2. The number of halogens is 1. The molecule has 0 bridgehead atoms. The number of rotatable bonds is 8. The molecule has 0 atom stereocenters. The topological polar surface area (TPSA) is 39.7 Å². The molecule has 0 heterocycles. The van der Waals surface area contributed by atoms with Crippen molar-refractivity contribution in [3.05, 3.63) is 0 Å². The average Bonchev–Trinajstić information content (AvgIpc) is 2.28. The van der Waals surface area contributed by atoms with Crippen LogP contribution in [0.2, 0.25) is 0 Å². The Balaban J connectivity index is 0. The Morgan fingerprint density at radius 3 is 1.84 bits per heavy atom. The van der Waals surface area contributed by atoms with Crippen molar-refractivity contribution in [1.29, 1.82) is 0 Å². The normalized spacial score (nSPS) is 10.6. The highest BCUT2D eigenvalue weighted by Crippen LogP contribution is 2.05. The van der Waals surface area contributed by atoms with E-state index in [1.165, 1.54) is 0 Å². The molecule has 0 fully saturated rings. The third-order valence-electron chi connectivity index (χ3n) is 2.86. The summed E-state index contributed by atoms with van der Waals surface area (Å²) in [7, 11) is 0. The first kappa shape index (κ1) is 21.3. The van der Waals surface area contributed by atoms with Crippen LogP contribution in [0.4, 0.5) is 0 Å². The second kappa shape index (κ2) is 13.0. The molecule has 0 aliphatic rings. The number of hydrogen-bond acceptors (Lipinski definition) is 2. The van der Waals surface area contributed by atoms with Crippen molar-refractivity contribution in [3.63, 3.8) is 0 Å². The van der Waals surface area contributed by atoms with Crippen LogP contribution < -0.4 is 10.6 Å². The predicted molar refractivity (Wildman–Crippen MR) is 96.7 cm³/mol. The van der Waals surface area contributed by atoms with E-state index < -0.39 is 0 Å². The molecule has 0 radical (unpaired) electrons. The average molecular weight is 384 g/mol. The molecule has 2 N–H and O–H groups in total. The van der Waals surface area contributed by atoms with Gasteiger partial charge in [0.2, 0.25) is 0 Å². The summed E-state index contributed by atoms with van der Waals surface area (Å²) in [6, 6.07) is 1.21. The number of aliphatic imine (C=N–C) groups is 1. The fourth-order valence-corrected chi connectivity index (χ4v) is 2.07. The monoisotopic (exact) mass is 384 g/mol. The highest BCUT2D eigenvalue weighted by molar-refractivity contribution is 14.0. The molecule has 0 saturated carbocycles. The molecule has 0 aromatic rings. The number of hydrogen-bond donors (Lipinski definition) is 2. The number of nitrogens with zero attached hydrogens (tertiary/aromatic N) is 2. The van der Waals surface area contributed by atoms with Crippen molar-refractivity contribution in [2.24, 2.45) is 4.99 Å². The van der Waals surface area contributed by atoms with Crippen LogP contribution in [0.5, 0.6) is 0 Å². The summed E-state index contributed by atoms with van der Waals surface area (Å²) in [6.45, 7) is 17.0. The molecule has 0 aromatic heterocycles. The Bertz CT molecular complexity index is 213. The zero-order chi connectivity index (χ0) is 14.0. The van der Waals surface area contributed by atoms with Gasteiger partial charge in [-0.05, 0) is 48.0 Å². The minimum absolute atomic E-state index is 0. The Labute approximate surface area is 136 Å². The predicted octanol–water partition coefficient (Wildman–Crippen LogP) is 2.69. The molecule has 116 valence electrons. The maximum atomic E-state index is 4.56. The first-order valence-corrected chi connectivity index (χ1v) is 7.30. The van der Waals surface area contributed by atoms with Crippen LogP contribution in [0.15, 0.2) is 4.99 Å². The van der Waals surface area contributed by atoms with Crippen LogP contribution in [-0.2, 0) is 0 Å². The van der Waals surface area contributed by atoms with Gasteiger partial charge in [-0.1, -0.05) is 0 Å². The molecule has 0 amide bonds. The van der Waals surface area contributed by atoms with Crippen LogP contribution >= 0.6 is 24.0 Å². The van der Waals surface area contributed by atoms with E-state index in [9.17, 15) is 0 Å². The smallest absolute Gasteiger partial charge is 0.191 e. The van der Waals surface area contributed by atoms with E-state index in [-0.39, 0.29) is 24.0 Å². The van der Waals surface area contributed by atoms with Crippen molar-refractivity contribution in [3.8, 4) is 0 Å². The van der Waals surface area contributed by atoms with Crippen LogP contribution in [0.3, 0.4) is 0 Å². The Kier molecular flexibility index (Phi) is 14.5. The fourth-order valence-electron chi connectivity index (χ4n) is 2.07. The lowest BCUT2D eigenvalue weighted by atomic mass is 10.2. The Morgan fingerprint density at radius 1 is 1.00 bits per heavy atom. The summed E-state index contributed by atoms with van der Waals surface area (Å²) in [5.41, 5.74) is 0. The standard InChI is InChI=1S/C14H32N4.HI/c1-7-15-14(16-8-2)17-10-9-11-18(12(3)4)13(5)6;/h12-13H,7-11H2,1-6H3,(H2,15,16,17);1H. The van der Waals surface area contributed by atoms with Gasteiger partial charge >= 0.3 is 0 Å². The molecule has 0 spiro atoms. The zero-order valence-corrected chi connectivity index (χ0v) is 15.8. The van der Waals surface area contributed by atoms with Crippen molar-refractivity contribution >= 4 is 29.9 Å². The quantitative estimate of drug-likeness (QED) is 0.293. The second-order valence-electron chi connectivity index (χ2n) is 5.07. The molecule has 5 heteroatoms. The molecular formula is C14H33IN4. The lowest BCUT2D eigenvalue weighted by molar-refractivity contribution is 0.174. The summed E-state index contributed by atoms with van der Waals surface area (Å²) in [4.78, 5) is 7.07. The summed E-state index contributed by atoms with van der Waals surface area (Å²) in [5, 5.41) is 6.48. The van der Waals surface area contributed by atoms with Crippen LogP contribution in [-0.4, -0.2) is 49.1 Å². The summed E-state index contributed by atoms with van der Waals surface area (Å²) in [5.74, 6) is 0.931. The first-order chi connectivity index (χ1) is 8.52. The molecule has 0 rings (SSSR count). The fraction of sp³-hybridized carbons (Fsp3) is 0.929. The van der Waals surface area contributed by atoms with Gasteiger partial charge in [0.1, 0.15) is 0 Å². The van der Waals surface area contributed by atoms with Gasteiger partial charge in [0.05, 0.1) is 0 Å². The summed E-state index contributed by atoms with van der Waals surface area (Å²) >= 11 is 0. The van der Waals surface area contributed by atoms with Gasteiger partial charge in [-0.15, -0.1) is 24.0 Å². The third-order valence-corrected chi connectivity index (χ3v) is 2.86. The van der Waals surface area contributed by atoms with Crippen LogP contribution in [0.25, 0.3) is 0 Å². The highest BCUT2D eigenvalue weighted by atomic mass is 127. The summed E-state index contributed by atoms with van der Waals surface area (Å²) in [6.07, 6.45) is 1.11. The lowest BCUT2D eigenvalue weighted by Gasteiger charge is -2.30. The first-order valence-electron chi connectivity index (χ1n) is 7.30. The van der Waals surface area contributed by atoms with Crippen molar-refractivity contribution in [2.45, 2.75) is 60.0 Å². The molecule has 0 aliphatic heterocycles. The highest BCUT2D eigenvalue weighted by Gasteiger charge is 2.11. The summed E-state index contributed by atoms with van der Waals surface area (Å²) < 4.78 is 0. The van der Waals surface area contributed by atoms with E-state index in [0.717, 1.165) is 38.6 Å². The molecule has 0 unspecified atom stereocenters. The third kappa shape index (κ3) is 10.4. The molecule has 0 saturated heterocycles. The van der Waals surface area contributed by atoms with Gasteiger partial charge in [-0.3, -0.25) is 9.89 Å². The van der Waals surface area contributed by atoms with E-state index in [1.54, 1.807) is 0 Å². The Hall–Kier alpha value is -0.0400. The molecule has 4 nitrogen and oxygen atoms in total. The minimum atomic E-state index is 0. The van der Waals surface area contributed by atoms with Gasteiger partial charge in [0.25, 0.3) is 0 Å². The molecule has 0 aromatic carbocycles. The van der Waals surface area contributed by atoms with Gasteiger partial charge in [0.15, 0.2) is 5.96 Å². The van der Waals surface area contributed by atoms with Gasteiger partial charge < -0.3 is 10.6 Å². The maximum absolute atomic E-state index is 4.56. The largest absolute Gasteiger partial charge is 0.357 e. The molecule has 0 aliphatic carbocycles. The minimum Gasteiger partial charge on any atom is -0.357 e. The van der Waals surface area contributed by atoms with E-state index in [1.807, 2.05) is 0 Å². The second-order valence-corrected chi connectivity index (χ2v) is 5.07. The maximum Gasteiger partial charge on any atom is 0.191 e. The molecular weight excluding hydrogens is 351 g/mol. The van der Waals surface area contributed by atoms with E-state index in [4.69, 9.17) is 0 Å².